The number of aliphatic carboxylic acids is 1. The molecule has 2 unspecified atom stereocenters. The molecule has 1 aromatic carbocycles. The largest absolute Gasteiger partial charge is 0.482 e. The number of carboxylic acid groups (broad SMARTS) is 1. The van der Waals surface area contributed by atoms with Crippen molar-refractivity contribution in [2.24, 2.45) is 5.92 Å². The average molecular weight is 298 g/mol. The summed E-state index contributed by atoms with van der Waals surface area (Å²) in [7, 11) is 0. The minimum atomic E-state index is -0.861. The molecule has 1 fully saturated rings. The van der Waals surface area contributed by atoms with Gasteiger partial charge in [-0.05, 0) is 25.5 Å². The smallest absolute Gasteiger partial charge is 0.308 e. The maximum Gasteiger partial charge on any atom is 0.308 e. The molecule has 0 aromatic heterocycles. The predicted molar refractivity (Wildman–Crippen MR) is 73.9 cm³/mol. The highest BCUT2D eigenvalue weighted by Gasteiger charge is 2.38. The number of nitrogens with zero attached hydrogens (tertiary/aromatic N) is 1. The van der Waals surface area contributed by atoms with Gasteiger partial charge in [-0.2, -0.15) is 0 Å². The second-order valence-electron chi connectivity index (χ2n) is 4.78. The Balaban J connectivity index is 1.93. The molecule has 6 heteroatoms. The van der Waals surface area contributed by atoms with Gasteiger partial charge in [0.1, 0.15) is 5.75 Å². The lowest BCUT2D eigenvalue weighted by Crippen LogP contribution is -2.40. The molecule has 1 heterocycles. The number of likely N-dealkylation sites (tertiary alicyclic amines) is 1. The molecule has 1 amide bonds. The molecule has 1 saturated heterocycles. The van der Waals surface area contributed by atoms with Gasteiger partial charge in [-0.25, -0.2) is 0 Å². The number of ether oxygens (including phenoxy) is 1. The van der Waals surface area contributed by atoms with E-state index in [1.54, 1.807) is 36.1 Å². The number of halogens is 1. The fourth-order valence-electron chi connectivity index (χ4n) is 2.41. The van der Waals surface area contributed by atoms with Crippen LogP contribution in [0, 0.1) is 5.92 Å². The van der Waals surface area contributed by atoms with Crippen LogP contribution in [0.5, 0.6) is 5.75 Å². The molecule has 0 saturated carbocycles. The fourth-order valence-corrected chi connectivity index (χ4v) is 2.60. The van der Waals surface area contributed by atoms with E-state index in [2.05, 4.69) is 0 Å². The fraction of sp³-hybridized carbons (Fsp3) is 0.429. The van der Waals surface area contributed by atoms with Crippen molar-refractivity contribution in [3.05, 3.63) is 29.3 Å². The summed E-state index contributed by atoms with van der Waals surface area (Å²) in [6.07, 6.45) is 0.480. The third kappa shape index (κ3) is 3.04. The summed E-state index contributed by atoms with van der Waals surface area (Å²) in [5.41, 5.74) is 0. The molecule has 108 valence electrons. The summed E-state index contributed by atoms with van der Waals surface area (Å²) in [6.45, 7) is 2.06. The summed E-state index contributed by atoms with van der Waals surface area (Å²) in [4.78, 5) is 24.6. The van der Waals surface area contributed by atoms with Crippen molar-refractivity contribution in [3.8, 4) is 5.75 Å². The number of carbonyl (C=O) groups is 2. The third-order valence-electron chi connectivity index (χ3n) is 3.58. The monoisotopic (exact) mass is 297 g/mol. The van der Waals surface area contributed by atoms with Gasteiger partial charge in [0.05, 0.1) is 10.9 Å². The van der Waals surface area contributed by atoms with Gasteiger partial charge in [-0.3, -0.25) is 9.59 Å². The molecular formula is C14H16ClNO4. The Bertz CT molecular complexity index is 520. The van der Waals surface area contributed by atoms with E-state index in [4.69, 9.17) is 21.4 Å². The maximum atomic E-state index is 12.1. The quantitative estimate of drug-likeness (QED) is 0.923. The normalized spacial score (nSPS) is 21.8. The molecule has 1 aliphatic heterocycles. The molecule has 5 nitrogen and oxygen atoms in total. The summed E-state index contributed by atoms with van der Waals surface area (Å²) in [5.74, 6) is -1.13. The summed E-state index contributed by atoms with van der Waals surface area (Å²) < 4.78 is 5.38. The lowest BCUT2D eigenvalue weighted by atomic mass is 10.0. The first-order chi connectivity index (χ1) is 9.50. The molecule has 20 heavy (non-hydrogen) atoms. The van der Waals surface area contributed by atoms with Crippen molar-refractivity contribution in [3.63, 3.8) is 0 Å². The van der Waals surface area contributed by atoms with Crippen molar-refractivity contribution < 1.29 is 19.4 Å². The molecule has 0 radical (unpaired) electrons. The van der Waals surface area contributed by atoms with Gasteiger partial charge in [-0.15, -0.1) is 0 Å². The minimum Gasteiger partial charge on any atom is -0.482 e. The standard InChI is InChI=1S/C14H16ClNO4/c1-9-10(14(18)19)6-7-16(9)13(17)8-20-12-5-3-2-4-11(12)15/h2-5,9-10H,6-8H2,1H3,(H,18,19). The molecule has 0 bridgehead atoms. The number of rotatable bonds is 4. The zero-order valence-corrected chi connectivity index (χ0v) is 11.8. The van der Waals surface area contributed by atoms with Gasteiger partial charge < -0.3 is 14.7 Å². The molecule has 0 aliphatic carbocycles. The van der Waals surface area contributed by atoms with Crippen molar-refractivity contribution in [1.82, 2.24) is 4.90 Å². The van der Waals surface area contributed by atoms with Crippen LogP contribution < -0.4 is 4.74 Å². The first-order valence-corrected chi connectivity index (χ1v) is 6.78. The van der Waals surface area contributed by atoms with Crippen molar-refractivity contribution in [2.45, 2.75) is 19.4 Å². The van der Waals surface area contributed by atoms with E-state index in [1.807, 2.05) is 0 Å². The van der Waals surface area contributed by atoms with Gasteiger partial charge >= 0.3 is 5.97 Å². The highest BCUT2D eigenvalue weighted by Crippen LogP contribution is 2.26. The molecule has 2 rings (SSSR count). The number of amides is 1. The number of benzene rings is 1. The van der Waals surface area contributed by atoms with Crippen LogP contribution in [-0.4, -0.2) is 41.1 Å². The SMILES string of the molecule is CC1C(C(=O)O)CCN1C(=O)COc1ccccc1Cl. The Morgan fingerprint density at radius 2 is 2.15 bits per heavy atom. The van der Waals surface area contributed by atoms with Crippen LogP contribution in [0.15, 0.2) is 24.3 Å². The Kier molecular flexibility index (Phi) is 4.49. The Hall–Kier alpha value is -1.75. The first kappa shape index (κ1) is 14.7. The third-order valence-corrected chi connectivity index (χ3v) is 3.89. The van der Waals surface area contributed by atoms with E-state index < -0.39 is 11.9 Å². The second-order valence-corrected chi connectivity index (χ2v) is 5.19. The van der Waals surface area contributed by atoms with Crippen LogP contribution in [0.2, 0.25) is 5.02 Å². The van der Waals surface area contributed by atoms with E-state index in [0.29, 0.717) is 23.7 Å². The number of carboxylic acids is 1. The topological polar surface area (TPSA) is 66.8 Å². The van der Waals surface area contributed by atoms with Gasteiger partial charge in [0, 0.05) is 12.6 Å². The number of carbonyl (C=O) groups excluding carboxylic acids is 1. The second kappa shape index (κ2) is 6.13. The van der Waals surface area contributed by atoms with Crippen molar-refractivity contribution in [2.75, 3.05) is 13.2 Å². The molecule has 1 N–H and O–H groups in total. The van der Waals surface area contributed by atoms with E-state index in [1.165, 1.54) is 0 Å². The van der Waals surface area contributed by atoms with E-state index >= 15 is 0 Å². The highest BCUT2D eigenvalue weighted by atomic mass is 35.5. The van der Waals surface area contributed by atoms with Crippen LogP contribution in [0.4, 0.5) is 0 Å². The number of hydrogen-bond donors (Lipinski definition) is 1. The van der Waals surface area contributed by atoms with Gasteiger partial charge in [0.2, 0.25) is 0 Å². The van der Waals surface area contributed by atoms with Crippen LogP contribution in [0.1, 0.15) is 13.3 Å². The molecular weight excluding hydrogens is 282 g/mol. The van der Waals surface area contributed by atoms with Crippen LogP contribution in [0.3, 0.4) is 0 Å². The molecule has 1 aromatic rings. The van der Waals surface area contributed by atoms with E-state index in [-0.39, 0.29) is 18.6 Å². The summed E-state index contributed by atoms with van der Waals surface area (Å²) >= 11 is 5.93. The Morgan fingerprint density at radius 1 is 1.45 bits per heavy atom. The first-order valence-electron chi connectivity index (χ1n) is 6.40. The van der Waals surface area contributed by atoms with Crippen LogP contribution >= 0.6 is 11.6 Å². The van der Waals surface area contributed by atoms with Crippen LogP contribution in [0.25, 0.3) is 0 Å². The van der Waals surface area contributed by atoms with Crippen LogP contribution in [-0.2, 0) is 9.59 Å². The molecule has 1 aliphatic rings. The minimum absolute atomic E-state index is 0.138. The van der Waals surface area contributed by atoms with Crippen molar-refractivity contribution >= 4 is 23.5 Å². The average Bonchev–Trinajstić information content (AvgIpc) is 2.79. The predicted octanol–water partition coefficient (Wildman–Crippen LogP) is 2.04. The summed E-state index contributed by atoms with van der Waals surface area (Å²) in [6, 6.07) is 6.60. The lowest BCUT2D eigenvalue weighted by Gasteiger charge is -2.23. The Morgan fingerprint density at radius 3 is 2.75 bits per heavy atom. The van der Waals surface area contributed by atoms with E-state index in [9.17, 15) is 9.59 Å². The zero-order valence-electron chi connectivity index (χ0n) is 11.1. The summed E-state index contributed by atoms with van der Waals surface area (Å²) in [5, 5.41) is 9.48. The van der Waals surface area contributed by atoms with E-state index in [0.717, 1.165) is 0 Å². The number of para-hydroxylation sites is 1. The van der Waals surface area contributed by atoms with Gasteiger partial charge in [-0.1, -0.05) is 23.7 Å². The number of hydrogen-bond acceptors (Lipinski definition) is 3. The van der Waals surface area contributed by atoms with Crippen molar-refractivity contribution in [1.29, 1.82) is 0 Å². The molecule has 2 atom stereocenters. The maximum absolute atomic E-state index is 12.1. The molecule has 0 spiro atoms. The highest BCUT2D eigenvalue weighted by molar-refractivity contribution is 6.32. The zero-order chi connectivity index (χ0) is 14.7. The lowest BCUT2D eigenvalue weighted by molar-refractivity contribution is -0.143. The van der Waals surface area contributed by atoms with Gasteiger partial charge in [0.25, 0.3) is 5.91 Å². The Labute approximate surface area is 122 Å². The van der Waals surface area contributed by atoms with Gasteiger partial charge in [0.15, 0.2) is 6.61 Å².